The Morgan fingerprint density at radius 2 is 2.04 bits per heavy atom. The molecule has 0 saturated heterocycles. The monoisotopic (exact) mass is 352 g/mol. The summed E-state index contributed by atoms with van der Waals surface area (Å²) in [6.45, 7) is 3.54. The number of carbonyl (C=O) groups is 2. The molecule has 0 aliphatic carbocycles. The highest BCUT2D eigenvalue weighted by Crippen LogP contribution is 2.25. The molecule has 0 radical (unpaired) electrons. The van der Waals surface area contributed by atoms with Crippen molar-refractivity contribution in [3.8, 4) is 11.5 Å². The van der Waals surface area contributed by atoms with Gasteiger partial charge < -0.3 is 14.5 Å². The van der Waals surface area contributed by atoms with Crippen LogP contribution in [0.4, 0.5) is 0 Å². The lowest BCUT2D eigenvalue weighted by atomic mass is 10.1. The van der Waals surface area contributed by atoms with Crippen LogP contribution in [0.1, 0.15) is 30.6 Å². The summed E-state index contributed by atoms with van der Waals surface area (Å²) in [5.41, 5.74) is 1.53. The van der Waals surface area contributed by atoms with Gasteiger partial charge in [-0.05, 0) is 37.6 Å². The zero-order valence-corrected chi connectivity index (χ0v) is 14.7. The van der Waals surface area contributed by atoms with Gasteiger partial charge in [-0.2, -0.15) is 0 Å². The summed E-state index contributed by atoms with van der Waals surface area (Å²) >= 11 is 0. The van der Waals surface area contributed by atoms with Crippen LogP contribution in [0.5, 0.6) is 0 Å². The predicted molar refractivity (Wildman–Crippen MR) is 97.6 cm³/mol. The van der Waals surface area contributed by atoms with Gasteiger partial charge in [0.1, 0.15) is 5.69 Å². The van der Waals surface area contributed by atoms with Crippen LogP contribution in [0.25, 0.3) is 22.4 Å². The fourth-order valence-corrected chi connectivity index (χ4v) is 2.52. The molecule has 1 unspecified atom stereocenters. The molecular formula is C20H20N2O4. The second-order valence-corrected chi connectivity index (χ2v) is 6.00. The van der Waals surface area contributed by atoms with Gasteiger partial charge in [0.25, 0.3) is 5.91 Å². The number of ether oxygens (including phenoxy) is 1. The van der Waals surface area contributed by atoms with Gasteiger partial charge in [-0.1, -0.05) is 25.1 Å². The van der Waals surface area contributed by atoms with E-state index in [2.05, 4.69) is 10.3 Å². The fourth-order valence-electron chi connectivity index (χ4n) is 2.52. The molecule has 3 aromatic rings. The van der Waals surface area contributed by atoms with Crippen molar-refractivity contribution in [2.45, 2.75) is 26.3 Å². The summed E-state index contributed by atoms with van der Waals surface area (Å²) < 4.78 is 10.6. The third-order valence-electron chi connectivity index (χ3n) is 4.06. The van der Waals surface area contributed by atoms with Gasteiger partial charge in [-0.15, -0.1) is 0 Å². The first kappa shape index (κ1) is 17.7. The zero-order valence-electron chi connectivity index (χ0n) is 14.7. The summed E-state index contributed by atoms with van der Waals surface area (Å²) in [6.07, 6.45) is 2.35. The molecule has 0 spiro atoms. The number of pyridine rings is 1. The normalized spacial score (nSPS) is 11.9. The molecule has 134 valence electrons. The quantitative estimate of drug-likeness (QED) is 0.686. The molecule has 26 heavy (non-hydrogen) atoms. The van der Waals surface area contributed by atoms with E-state index in [0.29, 0.717) is 27.9 Å². The van der Waals surface area contributed by atoms with E-state index in [9.17, 15) is 9.59 Å². The lowest BCUT2D eigenvalue weighted by Crippen LogP contribution is -2.35. The van der Waals surface area contributed by atoms with Crippen LogP contribution < -0.4 is 5.32 Å². The number of esters is 1. The molecular weight excluding hydrogens is 332 g/mol. The maximum absolute atomic E-state index is 12.6. The van der Waals surface area contributed by atoms with Crippen LogP contribution in [0, 0.1) is 0 Å². The molecule has 0 fully saturated rings. The number of benzene rings is 1. The van der Waals surface area contributed by atoms with Gasteiger partial charge in [0, 0.05) is 11.4 Å². The number of carbonyl (C=O) groups excluding carboxylic acids is 2. The maximum Gasteiger partial charge on any atom is 0.339 e. The van der Waals surface area contributed by atoms with E-state index in [0.717, 1.165) is 6.42 Å². The van der Waals surface area contributed by atoms with Crippen molar-refractivity contribution in [3.63, 3.8) is 0 Å². The highest BCUT2D eigenvalue weighted by atomic mass is 16.5. The third kappa shape index (κ3) is 3.91. The predicted octanol–water partition coefficient (Wildman–Crippen LogP) is 3.57. The Hall–Kier alpha value is -3.15. The van der Waals surface area contributed by atoms with Crippen molar-refractivity contribution in [3.05, 3.63) is 54.3 Å². The van der Waals surface area contributed by atoms with E-state index in [4.69, 9.17) is 9.15 Å². The van der Waals surface area contributed by atoms with E-state index < -0.39 is 5.97 Å². The summed E-state index contributed by atoms with van der Waals surface area (Å²) in [6, 6.07) is 12.5. The Kier molecular flexibility index (Phi) is 5.31. The van der Waals surface area contributed by atoms with Crippen molar-refractivity contribution in [1.82, 2.24) is 10.3 Å². The Morgan fingerprint density at radius 1 is 1.23 bits per heavy atom. The molecule has 1 amide bonds. The smallest absolute Gasteiger partial charge is 0.339 e. The number of rotatable bonds is 6. The number of para-hydroxylation sites is 1. The number of hydrogen-bond acceptors (Lipinski definition) is 5. The topological polar surface area (TPSA) is 81.4 Å². The number of nitrogens with one attached hydrogen (secondary N) is 1. The summed E-state index contributed by atoms with van der Waals surface area (Å²) in [5.74, 6) is -0.340. The van der Waals surface area contributed by atoms with Crippen molar-refractivity contribution in [2.24, 2.45) is 0 Å². The molecule has 1 N–H and O–H groups in total. The van der Waals surface area contributed by atoms with Crippen LogP contribution >= 0.6 is 0 Å². The number of furan rings is 1. The van der Waals surface area contributed by atoms with Crippen LogP contribution in [0.15, 0.2) is 53.1 Å². The average Bonchev–Trinajstić information content (AvgIpc) is 3.20. The Balaban J connectivity index is 1.86. The minimum absolute atomic E-state index is 0.0357. The zero-order chi connectivity index (χ0) is 18.5. The van der Waals surface area contributed by atoms with E-state index in [1.165, 1.54) is 0 Å². The maximum atomic E-state index is 12.6. The highest BCUT2D eigenvalue weighted by Gasteiger charge is 2.17. The largest absolute Gasteiger partial charge is 0.463 e. The lowest BCUT2D eigenvalue weighted by Gasteiger charge is -2.12. The second kappa shape index (κ2) is 7.82. The molecule has 3 rings (SSSR count). The molecule has 2 aromatic heterocycles. The van der Waals surface area contributed by atoms with Gasteiger partial charge >= 0.3 is 5.97 Å². The van der Waals surface area contributed by atoms with Crippen LogP contribution in [-0.2, 0) is 9.53 Å². The Labute approximate surface area is 151 Å². The highest BCUT2D eigenvalue weighted by molar-refractivity contribution is 6.05. The van der Waals surface area contributed by atoms with Crippen LogP contribution in [0.3, 0.4) is 0 Å². The molecule has 0 aliphatic heterocycles. The molecule has 0 saturated carbocycles. The first-order valence-corrected chi connectivity index (χ1v) is 8.48. The van der Waals surface area contributed by atoms with Crippen molar-refractivity contribution in [2.75, 3.05) is 6.61 Å². The van der Waals surface area contributed by atoms with Crippen molar-refractivity contribution in [1.29, 1.82) is 0 Å². The number of nitrogens with zero attached hydrogens (tertiary/aromatic N) is 1. The summed E-state index contributed by atoms with van der Waals surface area (Å²) in [4.78, 5) is 29.0. The minimum atomic E-state index is -0.573. The van der Waals surface area contributed by atoms with Crippen molar-refractivity contribution >= 4 is 22.8 Å². The Morgan fingerprint density at radius 3 is 2.77 bits per heavy atom. The molecule has 6 heteroatoms. The number of amides is 1. The van der Waals surface area contributed by atoms with Gasteiger partial charge in [0.05, 0.1) is 17.3 Å². The van der Waals surface area contributed by atoms with E-state index in [1.54, 1.807) is 30.5 Å². The second-order valence-electron chi connectivity index (χ2n) is 6.00. The SMILES string of the molecule is CCC(C)NC(=O)COC(=O)c1cc(-c2ccco2)nc2ccccc12. The first-order chi connectivity index (χ1) is 12.6. The van der Waals surface area contributed by atoms with E-state index in [-0.39, 0.29) is 18.6 Å². The lowest BCUT2D eigenvalue weighted by molar-refractivity contribution is -0.124. The summed E-state index contributed by atoms with van der Waals surface area (Å²) in [7, 11) is 0. The van der Waals surface area contributed by atoms with Gasteiger partial charge in [-0.3, -0.25) is 4.79 Å². The average molecular weight is 352 g/mol. The standard InChI is InChI=1S/C20H20N2O4/c1-3-13(2)21-19(23)12-26-20(24)15-11-17(18-9-6-10-25-18)22-16-8-5-4-7-14(15)16/h4-11,13H,3,12H2,1-2H3,(H,21,23). The third-order valence-corrected chi connectivity index (χ3v) is 4.06. The molecule has 6 nitrogen and oxygen atoms in total. The van der Waals surface area contributed by atoms with Crippen molar-refractivity contribution < 1.29 is 18.7 Å². The minimum Gasteiger partial charge on any atom is -0.463 e. The van der Waals surface area contributed by atoms with E-state index in [1.807, 2.05) is 32.0 Å². The van der Waals surface area contributed by atoms with Gasteiger partial charge in [-0.25, -0.2) is 9.78 Å². The van der Waals surface area contributed by atoms with E-state index >= 15 is 0 Å². The Bertz CT molecular complexity index is 919. The molecule has 0 aliphatic rings. The number of fused-ring (bicyclic) bond motifs is 1. The molecule has 2 heterocycles. The number of aromatic nitrogens is 1. The number of hydrogen-bond donors (Lipinski definition) is 1. The molecule has 1 atom stereocenters. The van der Waals surface area contributed by atoms with Crippen LogP contribution in [-0.4, -0.2) is 29.5 Å². The first-order valence-electron chi connectivity index (χ1n) is 8.48. The molecule has 0 bridgehead atoms. The van der Waals surface area contributed by atoms with Gasteiger partial charge in [0.15, 0.2) is 12.4 Å². The summed E-state index contributed by atoms with van der Waals surface area (Å²) in [5, 5.41) is 3.43. The fraction of sp³-hybridized carbons (Fsp3) is 0.250. The molecule has 1 aromatic carbocycles. The van der Waals surface area contributed by atoms with Gasteiger partial charge in [0.2, 0.25) is 0 Å². The van der Waals surface area contributed by atoms with Crippen LogP contribution in [0.2, 0.25) is 0 Å².